The van der Waals surface area contributed by atoms with Crippen LogP contribution in [0.25, 0.3) is 0 Å². The zero-order chi connectivity index (χ0) is 19.0. The molecule has 0 unspecified atom stereocenters. The summed E-state index contributed by atoms with van der Waals surface area (Å²) in [6.45, 7) is 0. The molecule has 0 aromatic heterocycles. The number of hydrogen-bond acceptors (Lipinski definition) is 4. The highest BCUT2D eigenvalue weighted by molar-refractivity contribution is 5.74. The predicted molar refractivity (Wildman–Crippen MR) is 102 cm³/mol. The lowest BCUT2D eigenvalue weighted by molar-refractivity contribution is -0.129. The Balaban J connectivity index is 0.000000483. The second-order valence-corrected chi connectivity index (χ2v) is 5.75. The number of aryl methyl sites for hydroxylation is 2. The molecule has 0 heterocycles. The molecule has 0 atom stereocenters. The van der Waals surface area contributed by atoms with Crippen molar-refractivity contribution < 1.29 is 25.5 Å². The van der Waals surface area contributed by atoms with E-state index >= 15 is 0 Å². The molecule has 148 valence electrons. The molecule has 0 saturated carbocycles. The van der Waals surface area contributed by atoms with Gasteiger partial charge in [-0.3, -0.25) is 20.0 Å². The number of rotatable bonds is 8. The molecule has 0 saturated heterocycles. The van der Waals surface area contributed by atoms with Crippen molar-refractivity contribution in [3.8, 4) is 0 Å². The van der Waals surface area contributed by atoms with Crippen LogP contribution in [0.15, 0.2) is 60.7 Å². The van der Waals surface area contributed by atoms with Crippen LogP contribution in [0.3, 0.4) is 0 Å². The van der Waals surface area contributed by atoms with Crippen molar-refractivity contribution in [2.75, 3.05) is 0 Å². The van der Waals surface area contributed by atoms with E-state index < -0.39 is 0 Å². The van der Waals surface area contributed by atoms with Crippen molar-refractivity contribution in [2.24, 2.45) is 0 Å². The maximum absolute atomic E-state index is 10.6. The largest absolute Gasteiger partial charge is 0.412 e. The SMILES string of the molecule is O.O=C(CCCc1ccccc1)NO.O=C(CCCc1ccccc1)NO. The average Bonchev–Trinajstić information content (AvgIpc) is 2.70. The number of benzene rings is 2. The molecule has 0 aliphatic heterocycles. The first-order valence-electron chi connectivity index (χ1n) is 8.59. The monoisotopic (exact) mass is 376 g/mol. The summed E-state index contributed by atoms with van der Waals surface area (Å²) >= 11 is 0. The van der Waals surface area contributed by atoms with E-state index in [4.69, 9.17) is 10.4 Å². The first kappa shape index (κ1) is 24.3. The molecular weight excluding hydrogens is 348 g/mol. The Morgan fingerprint density at radius 1 is 0.667 bits per heavy atom. The van der Waals surface area contributed by atoms with E-state index in [9.17, 15) is 9.59 Å². The molecule has 0 aliphatic rings. The molecular formula is C20H28N2O5. The van der Waals surface area contributed by atoms with E-state index in [0.717, 1.165) is 25.7 Å². The molecule has 2 rings (SSSR count). The summed E-state index contributed by atoms with van der Waals surface area (Å²) in [6.07, 6.45) is 3.99. The highest BCUT2D eigenvalue weighted by atomic mass is 16.5. The van der Waals surface area contributed by atoms with E-state index in [1.807, 2.05) is 60.7 Å². The number of amides is 2. The third-order valence-corrected chi connectivity index (χ3v) is 3.67. The van der Waals surface area contributed by atoms with Gasteiger partial charge in [0.05, 0.1) is 0 Å². The van der Waals surface area contributed by atoms with Gasteiger partial charge < -0.3 is 5.48 Å². The Bertz CT molecular complexity index is 578. The molecule has 27 heavy (non-hydrogen) atoms. The standard InChI is InChI=1S/2C10H13NO2.H2O/c2*12-10(11-13)8-4-7-9-5-2-1-3-6-9;/h2*1-3,5-6,13H,4,7-8H2,(H,11,12);1H2. The average molecular weight is 376 g/mol. The molecule has 2 aromatic carbocycles. The number of hydrogen-bond donors (Lipinski definition) is 4. The number of nitrogens with one attached hydrogen (secondary N) is 2. The summed E-state index contributed by atoms with van der Waals surface area (Å²) in [7, 11) is 0. The minimum Gasteiger partial charge on any atom is -0.412 e. The zero-order valence-corrected chi connectivity index (χ0v) is 15.2. The summed E-state index contributed by atoms with van der Waals surface area (Å²) in [5, 5.41) is 16.5. The fraction of sp³-hybridized carbons (Fsp3) is 0.300. The molecule has 0 fully saturated rings. The zero-order valence-electron chi connectivity index (χ0n) is 15.2. The minimum absolute atomic E-state index is 0. The van der Waals surface area contributed by atoms with Crippen molar-refractivity contribution in [1.29, 1.82) is 0 Å². The van der Waals surface area contributed by atoms with Crippen LogP contribution >= 0.6 is 0 Å². The first-order chi connectivity index (χ1) is 12.7. The topological polar surface area (TPSA) is 130 Å². The third kappa shape index (κ3) is 12.3. The maximum Gasteiger partial charge on any atom is 0.243 e. The number of carbonyl (C=O) groups is 2. The van der Waals surface area contributed by atoms with Gasteiger partial charge in [-0.05, 0) is 36.8 Å². The Morgan fingerprint density at radius 2 is 1.00 bits per heavy atom. The Hall–Kier alpha value is -2.74. The number of hydroxylamine groups is 2. The number of carbonyl (C=O) groups excluding carboxylic acids is 2. The van der Waals surface area contributed by atoms with Gasteiger partial charge in [0, 0.05) is 12.8 Å². The van der Waals surface area contributed by atoms with Gasteiger partial charge in [-0.15, -0.1) is 0 Å². The second kappa shape index (κ2) is 15.5. The normalized spacial score (nSPS) is 9.26. The van der Waals surface area contributed by atoms with Gasteiger partial charge in [-0.25, -0.2) is 11.0 Å². The van der Waals surface area contributed by atoms with Crippen molar-refractivity contribution in [3.63, 3.8) is 0 Å². The Morgan fingerprint density at radius 3 is 1.30 bits per heavy atom. The lowest BCUT2D eigenvalue weighted by Crippen LogP contribution is -2.18. The summed E-state index contributed by atoms with van der Waals surface area (Å²) in [4.78, 5) is 21.3. The van der Waals surface area contributed by atoms with Crippen LogP contribution in [0, 0.1) is 0 Å². The molecule has 6 N–H and O–H groups in total. The Kier molecular flexibility index (Phi) is 13.9. The fourth-order valence-electron chi connectivity index (χ4n) is 2.31. The van der Waals surface area contributed by atoms with Gasteiger partial charge in [0.1, 0.15) is 0 Å². The molecule has 2 amide bonds. The quantitative estimate of drug-likeness (QED) is 0.415. The molecule has 0 spiro atoms. The maximum atomic E-state index is 10.6. The fourth-order valence-corrected chi connectivity index (χ4v) is 2.31. The molecule has 0 radical (unpaired) electrons. The molecule has 7 heteroatoms. The van der Waals surface area contributed by atoms with E-state index in [2.05, 4.69) is 0 Å². The van der Waals surface area contributed by atoms with Crippen molar-refractivity contribution in [1.82, 2.24) is 11.0 Å². The molecule has 7 nitrogen and oxygen atoms in total. The minimum atomic E-state index is -0.323. The smallest absolute Gasteiger partial charge is 0.243 e. The van der Waals surface area contributed by atoms with E-state index in [0.29, 0.717) is 12.8 Å². The van der Waals surface area contributed by atoms with Gasteiger partial charge in [0.15, 0.2) is 0 Å². The lowest BCUT2D eigenvalue weighted by Gasteiger charge is -1.99. The van der Waals surface area contributed by atoms with Crippen LogP contribution in [0.1, 0.15) is 36.8 Å². The van der Waals surface area contributed by atoms with Gasteiger partial charge in [-0.1, -0.05) is 60.7 Å². The van der Waals surface area contributed by atoms with Crippen LogP contribution in [0.2, 0.25) is 0 Å². The molecule has 0 bridgehead atoms. The van der Waals surface area contributed by atoms with Crippen molar-refractivity contribution >= 4 is 11.8 Å². The van der Waals surface area contributed by atoms with E-state index in [1.54, 1.807) is 11.0 Å². The van der Waals surface area contributed by atoms with Gasteiger partial charge in [-0.2, -0.15) is 0 Å². The summed E-state index contributed by atoms with van der Waals surface area (Å²) in [5.41, 5.74) is 5.66. The van der Waals surface area contributed by atoms with Gasteiger partial charge >= 0.3 is 0 Å². The van der Waals surface area contributed by atoms with Gasteiger partial charge in [0.25, 0.3) is 0 Å². The second-order valence-electron chi connectivity index (χ2n) is 5.75. The molecule has 0 aliphatic carbocycles. The predicted octanol–water partition coefficient (Wildman–Crippen LogP) is 2.20. The molecule has 2 aromatic rings. The highest BCUT2D eigenvalue weighted by Gasteiger charge is 1.99. The van der Waals surface area contributed by atoms with Crippen molar-refractivity contribution in [2.45, 2.75) is 38.5 Å². The van der Waals surface area contributed by atoms with Crippen LogP contribution < -0.4 is 11.0 Å². The van der Waals surface area contributed by atoms with Crippen LogP contribution in [-0.4, -0.2) is 27.7 Å². The van der Waals surface area contributed by atoms with E-state index in [-0.39, 0.29) is 17.3 Å². The summed E-state index contributed by atoms with van der Waals surface area (Å²) in [6, 6.07) is 19.9. The summed E-state index contributed by atoms with van der Waals surface area (Å²) in [5.74, 6) is -0.646. The lowest BCUT2D eigenvalue weighted by atomic mass is 10.1. The Labute approximate surface area is 159 Å². The van der Waals surface area contributed by atoms with Crippen LogP contribution in [0.4, 0.5) is 0 Å². The third-order valence-electron chi connectivity index (χ3n) is 3.67. The first-order valence-corrected chi connectivity index (χ1v) is 8.59. The van der Waals surface area contributed by atoms with Gasteiger partial charge in [0.2, 0.25) is 11.8 Å². The van der Waals surface area contributed by atoms with Crippen molar-refractivity contribution in [3.05, 3.63) is 71.8 Å². The van der Waals surface area contributed by atoms with Crippen LogP contribution in [0.5, 0.6) is 0 Å². The summed E-state index contributed by atoms with van der Waals surface area (Å²) < 4.78 is 0. The highest BCUT2D eigenvalue weighted by Crippen LogP contribution is 2.04. The van der Waals surface area contributed by atoms with E-state index in [1.165, 1.54) is 11.1 Å². The van der Waals surface area contributed by atoms with Crippen LogP contribution in [-0.2, 0) is 22.4 Å².